The highest BCUT2D eigenvalue weighted by Crippen LogP contribution is 2.35. The first-order valence-electron chi connectivity index (χ1n) is 10.9. The normalized spacial score (nSPS) is 11.4. The lowest BCUT2D eigenvalue weighted by molar-refractivity contribution is -0.143. The van der Waals surface area contributed by atoms with Crippen molar-refractivity contribution in [1.29, 1.82) is 0 Å². The van der Waals surface area contributed by atoms with Crippen molar-refractivity contribution >= 4 is 57.9 Å². The number of hydrogen-bond donors (Lipinski definition) is 3. The Labute approximate surface area is 215 Å². The molecule has 1 unspecified atom stereocenters. The second-order valence-corrected chi connectivity index (χ2v) is 8.93. The molecular weight excluding hydrogens is 506 g/mol. The third kappa shape index (κ3) is 5.98. The lowest BCUT2D eigenvalue weighted by Crippen LogP contribution is -2.45. The van der Waals surface area contributed by atoms with Crippen LogP contribution in [0.1, 0.15) is 44.9 Å². The lowest BCUT2D eigenvalue weighted by Gasteiger charge is -2.30. The van der Waals surface area contributed by atoms with E-state index in [1.807, 2.05) is 6.92 Å². The van der Waals surface area contributed by atoms with Gasteiger partial charge in [-0.3, -0.25) is 24.1 Å². The van der Waals surface area contributed by atoms with Gasteiger partial charge in [-0.25, -0.2) is 0 Å². The molecule has 1 atom stereocenters. The average Bonchev–Trinajstić information content (AvgIpc) is 3.51. The number of anilines is 2. The van der Waals surface area contributed by atoms with Crippen molar-refractivity contribution in [3.05, 3.63) is 57.2 Å². The van der Waals surface area contributed by atoms with E-state index in [2.05, 4.69) is 9.69 Å². The van der Waals surface area contributed by atoms with Gasteiger partial charge in [-0.15, -0.1) is 11.3 Å². The van der Waals surface area contributed by atoms with Gasteiger partial charge >= 0.3 is 5.97 Å². The van der Waals surface area contributed by atoms with Gasteiger partial charge in [0.1, 0.15) is 17.2 Å². The van der Waals surface area contributed by atoms with Crippen LogP contribution in [0.2, 0.25) is 0 Å². The Morgan fingerprint density at radius 2 is 1.83 bits per heavy atom. The topological polar surface area (TPSA) is 167 Å². The van der Waals surface area contributed by atoms with Crippen molar-refractivity contribution in [2.75, 3.05) is 30.4 Å². The predicted molar refractivity (Wildman–Crippen MR) is 136 cm³/mol. The van der Waals surface area contributed by atoms with Crippen LogP contribution in [0, 0.1) is 0 Å². The summed E-state index contributed by atoms with van der Waals surface area (Å²) in [4.78, 5) is 52.5. The van der Waals surface area contributed by atoms with Gasteiger partial charge in [-0.2, -0.15) is 4.37 Å². The van der Waals surface area contributed by atoms with Crippen LogP contribution in [0.25, 0.3) is 0 Å². The number of nitrogen functional groups attached to an aromatic ring is 1. The zero-order valence-electron chi connectivity index (χ0n) is 19.6. The molecule has 3 rings (SSSR count). The van der Waals surface area contributed by atoms with Gasteiger partial charge in [0.2, 0.25) is 5.91 Å². The molecule has 0 aliphatic rings. The molecule has 190 valence electrons. The Morgan fingerprint density at radius 3 is 2.39 bits per heavy atom. The van der Waals surface area contributed by atoms with Gasteiger partial charge in [0.15, 0.2) is 11.7 Å². The van der Waals surface area contributed by atoms with E-state index in [-0.39, 0.29) is 29.4 Å². The Bertz CT molecular complexity index is 1230. The fourth-order valence-electron chi connectivity index (χ4n) is 3.28. The molecule has 0 saturated heterocycles. The molecule has 2 heterocycles. The van der Waals surface area contributed by atoms with Gasteiger partial charge in [0.25, 0.3) is 11.8 Å². The van der Waals surface area contributed by atoms with Crippen molar-refractivity contribution in [2.45, 2.75) is 19.9 Å². The quantitative estimate of drug-likeness (QED) is 0.317. The number of amides is 3. The predicted octanol–water partition coefficient (Wildman–Crippen LogP) is 2.35. The Morgan fingerprint density at radius 1 is 1.11 bits per heavy atom. The van der Waals surface area contributed by atoms with Crippen molar-refractivity contribution in [2.24, 2.45) is 5.73 Å². The highest BCUT2D eigenvalue weighted by atomic mass is 32.1. The Hall–Kier alpha value is -3.97. The first-order chi connectivity index (χ1) is 17.3. The second-order valence-electron chi connectivity index (χ2n) is 7.18. The molecule has 3 amide bonds. The number of esters is 1. The fourth-order valence-corrected chi connectivity index (χ4v) is 4.84. The SMILES string of the molecule is CCOC(=O)CNC(=O)C(c1cccs1)N(C(=O)c1snc(C(N)=O)c1N)c1ccc(OCC)cc1. The molecule has 5 N–H and O–H groups in total. The Balaban J connectivity index is 2.09. The van der Waals surface area contributed by atoms with Crippen LogP contribution in [0.4, 0.5) is 11.4 Å². The molecule has 1 aromatic carbocycles. The highest BCUT2D eigenvalue weighted by Gasteiger charge is 2.36. The number of carbonyl (C=O) groups excluding carboxylic acids is 4. The smallest absolute Gasteiger partial charge is 0.325 e. The number of benzene rings is 1. The molecule has 0 saturated carbocycles. The minimum Gasteiger partial charge on any atom is -0.494 e. The fraction of sp³-hybridized carbons (Fsp3) is 0.261. The average molecular weight is 532 g/mol. The van der Waals surface area contributed by atoms with Crippen LogP contribution < -0.4 is 26.4 Å². The summed E-state index contributed by atoms with van der Waals surface area (Å²) in [6, 6.07) is 8.81. The summed E-state index contributed by atoms with van der Waals surface area (Å²) in [6.45, 7) is 3.72. The van der Waals surface area contributed by atoms with Crippen LogP contribution in [0.3, 0.4) is 0 Å². The zero-order valence-corrected chi connectivity index (χ0v) is 21.2. The molecule has 13 heteroatoms. The lowest BCUT2D eigenvalue weighted by atomic mass is 10.1. The largest absolute Gasteiger partial charge is 0.494 e. The number of hydrogen-bond acceptors (Lipinski definition) is 10. The summed E-state index contributed by atoms with van der Waals surface area (Å²) in [7, 11) is 0. The van der Waals surface area contributed by atoms with E-state index in [9.17, 15) is 19.2 Å². The van der Waals surface area contributed by atoms with E-state index in [0.29, 0.717) is 34.5 Å². The van der Waals surface area contributed by atoms with Gasteiger partial charge in [0.05, 0.1) is 18.9 Å². The Kier molecular flexibility index (Phi) is 8.97. The van der Waals surface area contributed by atoms with E-state index < -0.39 is 29.7 Å². The summed E-state index contributed by atoms with van der Waals surface area (Å²) in [5, 5.41) is 4.30. The van der Waals surface area contributed by atoms with Crippen molar-refractivity contribution < 1.29 is 28.7 Å². The molecule has 0 fully saturated rings. The molecule has 11 nitrogen and oxygen atoms in total. The van der Waals surface area contributed by atoms with E-state index >= 15 is 0 Å². The number of nitrogens with zero attached hydrogens (tertiary/aromatic N) is 2. The van der Waals surface area contributed by atoms with E-state index in [4.69, 9.17) is 20.9 Å². The van der Waals surface area contributed by atoms with Crippen LogP contribution >= 0.6 is 22.9 Å². The number of thiophene rings is 1. The molecule has 2 aromatic heterocycles. The van der Waals surface area contributed by atoms with Crippen molar-refractivity contribution in [1.82, 2.24) is 9.69 Å². The van der Waals surface area contributed by atoms with E-state index in [1.54, 1.807) is 48.7 Å². The summed E-state index contributed by atoms with van der Waals surface area (Å²) >= 11 is 1.96. The zero-order chi connectivity index (χ0) is 26.2. The number of nitrogens with two attached hydrogens (primary N) is 2. The maximum Gasteiger partial charge on any atom is 0.325 e. The molecular formula is C23H25N5O6S2. The summed E-state index contributed by atoms with van der Waals surface area (Å²) in [5.41, 5.74) is 11.3. The second kappa shape index (κ2) is 12.1. The first-order valence-corrected chi connectivity index (χ1v) is 12.5. The van der Waals surface area contributed by atoms with Crippen LogP contribution in [-0.2, 0) is 14.3 Å². The van der Waals surface area contributed by atoms with Crippen molar-refractivity contribution in [3.8, 4) is 5.75 Å². The molecule has 0 bridgehead atoms. The van der Waals surface area contributed by atoms with Gasteiger partial charge in [-0.1, -0.05) is 6.07 Å². The molecule has 0 radical (unpaired) electrons. The molecule has 36 heavy (non-hydrogen) atoms. The van der Waals surface area contributed by atoms with Crippen LogP contribution in [0.15, 0.2) is 41.8 Å². The minimum atomic E-state index is -1.18. The minimum absolute atomic E-state index is 0.0579. The number of ether oxygens (including phenoxy) is 2. The molecule has 0 aliphatic heterocycles. The third-order valence-electron chi connectivity index (χ3n) is 4.83. The van der Waals surface area contributed by atoms with Gasteiger partial charge in [-0.05, 0) is 61.1 Å². The standard InChI is InChI=1S/C23H25N5O6S2/c1-3-33-14-9-7-13(8-10-14)28(23(32)20-17(24)18(21(25)30)27-36-20)19(15-6-5-11-35-15)22(31)26-12-16(29)34-4-2/h5-11,19H,3-4,12,24H2,1-2H3,(H2,25,30)(H,26,31). The maximum absolute atomic E-state index is 13.9. The molecule has 0 spiro atoms. The number of rotatable bonds is 11. The number of aromatic nitrogens is 1. The van der Waals surface area contributed by atoms with E-state index in [0.717, 1.165) is 0 Å². The van der Waals surface area contributed by atoms with E-state index in [1.165, 1.54) is 16.2 Å². The summed E-state index contributed by atoms with van der Waals surface area (Å²) in [5.74, 6) is -2.22. The first kappa shape index (κ1) is 26.6. The number of carbonyl (C=O) groups is 4. The number of nitrogens with one attached hydrogen (secondary N) is 1. The molecule has 0 aliphatic carbocycles. The van der Waals surface area contributed by atoms with Crippen LogP contribution in [-0.4, -0.2) is 47.8 Å². The van der Waals surface area contributed by atoms with Gasteiger partial charge < -0.3 is 26.3 Å². The summed E-state index contributed by atoms with van der Waals surface area (Å²) < 4.78 is 14.3. The maximum atomic E-state index is 13.9. The van der Waals surface area contributed by atoms with Gasteiger partial charge in [0, 0.05) is 10.6 Å². The number of primary amides is 1. The van der Waals surface area contributed by atoms with Crippen LogP contribution in [0.5, 0.6) is 5.75 Å². The third-order valence-corrected chi connectivity index (χ3v) is 6.61. The molecule has 3 aromatic rings. The highest BCUT2D eigenvalue weighted by molar-refractivity contribution is 7.10. The monoisotopic (exact) mass is 531 g/mol. The summed E-state index contributed by atoms with van der Waals surface area (Å²) in [6.07, 6.45) is 0. The van der Waals surface area contributed by atoms with Crippen molar-refractivity contribution in [3.63, 3.8) is 0 Å².